The largest absolute Gasteiger partial charge is 0.344 e. The number of halogens is 1. The first-order valence-electron chi connectivity index (χ1n) is 9.09. The van der Waals surface area contributed by atoms with Gasteiger partial charge in [0.15, 0.2) is 5.69 Å². The minimum atomic E-state index is -0.219. The second-order valence-corrected chi connectivity index (χ2v) is 6.69. The molecule has 28 heavy (non-hydrogen) atoms. The number of nitrogens with one attached hydrogen (secondary N) is 2. The minimum absolute atomic E-state index is 0. The molecule has 9 nitrogen and oxygen atoms in total. The maximum absolute atomic E-state index is 12.5. The molecule has 148 valence electrons. The van der Waals surface area contributed by atoms with Crippen molar-refractivity contribution >= 4 is 18.3 Å². The molecule has 4 rings (SSSR count). The fraction of sp³-hybridized carbons (Fsp3) is 0.389. The lowest BCUT2D eigenvalue weighted by Gasteiger charge is -2.22. The van der Waals surface area contributed by atoms with Crippen molar-refractivity contribution in [1.82, 2.24) is 40.4 Å². The summed E-state index contributed by atoms with van der Waals surface area (Å²) in [6.07, 6.45) is 6.88. The zero-order valence-corrected chi connectivity index (χ0v) is 16.3. The highest BCUT2D eigenvalue weighted by molar-refractivity contribution is 5.92. The van der Waals surface area contributed by atoms with Crippen LogP contribution in [-0.2, 0) is 0 Å². The van der Waals surface area contributed by atoms with Crippen LogP contribution in [0.1, 0.15) is 47.9 Å². The normalized spacial score (nSPS) is 15.6. The van der Waals surface area contributed by atoms with E-state index in [1.165, 1.54) is 6.33 Å². The van der Waals surface area contributed by atoms with Crippen LogP contribution in [0.4, 0.5) is 0 Å². The molecular weight excluding hydrogens is 380 g/mol. The van der Waals surface area contributed by atoms with E-state index in [2.05, 4.69) is 31.0 Å². The number of piperidine rings is 1. The number of amides is 1. The van der Waals surface area contributed by atoms with Gasteiger partial charge in [-0.1, -0.05) is 17.3 Å². The van der Waals surface area contributed by atoms with E-state index in [4.69, 9.17) is 0 Å². The van der Waals surface area contributed by atoms with Crippen LogP contribution in [-0.4, -0.2) is 48.8 Å². The van der Waals surface area contributed by atoms with Gasteiger partial charge in [-0.3, -0.25) is 4.79 Å². The van der Waals surface area contributed by atoms with E-state index >= 15 is 0 Å². The molecule has 1 aliphatic rings. The molecule has 0 bridgehead atoms. The summed E-state index contributed by atoms with van der Waals surface area (Å²) in [5.74, 6) is -0.219. The number of hydrogen-bond donors (Lipinski definition) is 2. The Balaban J connectivity index is 0.00000225. The van der Waals surface area contributed by atoms with E-state index in [0.717, 1.165) is 37.2 Å². The zero-order valence-electron chi connectivity index (χ0n) is 15.5. The van der Waals surface area contributed by atoms with Crippen LogP contribution in [0.5, 0.6) is 0 Å². The molecular formula is C18H23ClN8O. The molecule has 1 atom stereocenters. The van der Waals surface area contributed by atoms with Gasteiger partial charge in [0, 0.05) is 0 Å². The van der Waals surface area contributed by atoms with Gasteiger partial charge in [-0.15, -0.1) is 17.5 Å². The van der Waals surface area contributed by atoms with Gasteiger partial charge < -0.3 is 10.6 Å². The van der Waals surface area contributed by atoms with Crippen molar-refractivity contribution in [3.63, 3.8) is 0 Å². The molecule has 10 heteroatoms. The minimum Gasteiger partial charge on any atom is -0.344 e. The highest BCUT2D eigenvalue weighted by atomic mass is 35.5. The molecule has 2 N–H and O–H groups in total. The average Bonchev–Trinajstić information content (AvgIpc) is 3.41. The Morgan fingerprint density at radius 2 is 2.00 bits per heavy atom. The fourth-order valence-electron chi connectivity index (χ4n) is 3.24. The van der Waals surface area contributed by atoms with E-state index in [9.17, 15) is 4.79 Å². The lowest BCUT2D eigenvalue weighted by atomic mass is 10.1. The maximum atomic E-state index is 12.5. The fourth-order valence-corrected chi connectivity index (χ4v) is 3.24. The van der Waals surface area contributed by atoms with Crippen molar-refractivity contribution in [3.8, 4) is 5.69 Å². The summed E-state index contributed by atoms with van der Waals surface area (Å²) < 4.78 is 3.50. The van der Waals surface area contributed by atoms with Crippen molar-refractivity contribution in [2.45, 2.75) is 31.8 Å². The Hall–Kier alpha value is -2.78. The monoisotopic (exact) mass is 402 g/mol. The summed E-state index contributed by atoms with van der Waals surface area (Å²) in [5.41, 5.74) is 2.26. The standard InChI is InChI=1S/C18H22N8O.ClH/c1-13(14-2-4-15(5-3-14)26-12-20-11-21-26)22-18(27)17-10-25(24-23-17)16-6-8-19-9-7-16;/h2-5,10-13,16,19H,6-9H2,1H3,(H,22,27);1H. The van der Waals surface area contributed by atoms with Gasteiger partial charge >= 0.3 is 0 Å². The number of carbonyl (C=O) groups excluding carboxylic acids is 1. The Bertz CT molecular complexity index is 887. The van der Waals surface area contributed by atoms with Crippen molar-refractivity contribution < 1.29 is 4.79 Å². The number of carbonyl (C=O) groups is 1. The first-order valence-corrected chi connectivity index (χ1v) is 9.09. The molecule has 0 aliphatic carbocycles. The maximum Gasteiger partial charge on any atom is 0.273 e. The first kappa shape index (κ1) is 20.0. The molecule has 1 saturated heterocycles. The van der Waals surface area contributed by atoms with Gasteiger partial charge in [-0.25, -0.2) is 14.3 Å². The number of nitrogens with zero attached hydrogens (tertiary/aromatic N) is 6. The molecule has 1 fully saturated rings. The van der Waals surface area contributed by atoms with Crippen LogP contribution in [0.15, 0.2) is 43.1 Å². The van der Waals surface area contributed by atoms with Gasteiger partial charge in [0.25, 0.3) is 5.91 Å². The van der Waals surface area contributed by atoms with Gasteiger partial charge in [-0.05, 0) is 50.6 Å². The molecule has 0 saturated carbocycles. The van der Waals surface area contributed by atoms with Crippen molar-refractivity contribution in [2.75, 3.05) is 13.1 Å². The van der Waals surface area contributed by atoms with Crippen LogP contribution in [0.25, 0.3) is 5.69 Å². The molecule has 3 aromatic rings. The molecule has 0 radical (unpaired) electrons. The summed E-state index contributed by atoms with van der Waals surface area (Å²) >= 11 is 0. The second kappa shape index (κ2) is 8.94. The lowest BCUT2D eigenvalue weighted by Crippen LogP contribution is -2.29. The van der Waals surface area contributed by atoms with Crippen LogP contribution in [0.2, 0.25) is 0 Å². The summed E-state index contributed by atoms with van der Waals surface area (Å²) in [6.45, 7) is 3.88. The number of benzene rings is 1. The molecule has 1 amide bonds. The molecule has 1 aromatic carbocycles. The number of rotatable bonds is 5. The molecule has 1 unspecified atom stereocenters. The van der Waals surface area contributed by atoms with Crippen molar-refractivity contribution in [3.05, 3.63) is 54.4 Å². The predicted octanol–water partition coefficient (Wildman–Crippen LogP) is 1.70. The lowest BCUT2D eigenvalue weighted by molar-refractivity contribution is 0.0934. The number of hydrogen-bond acceptors (Lipinski definition) is 6. The topological polar surface area (TPSA) is 103 Å². The quantitative estimate of drug-likeness (QED) is 0.673. The summed E-state index contributed by atoms with van der Waals surface area (Å²) in [6, 6.07) is 7.98. The Labute approximate surface area is 168 Å². The van der Waals surface area contributed by atoms with Crippen molar-refractivity contribution in [1.29, 1.82) is 0 Å². The third-order valence-corrected chi connectivity index (χ3v) is 4.85. The number of aromatic nitrogens is 6. The SMILES string of the molecule is CC(NC(=O)c1cn(C2CCNCC2)nn1)c1ccc(-n2cncn2)cc1.Cl. The van der Waals surface area contributed by atoms with Crippen LogP contribution < -0.4 is 10.6 Å². The molecule has 2 aromatic heterocycles. The third kappa shape index (κ3) is 4.37. The highest BCUT2D eigenvalue weighted by Crippen LogP contribution is 2.18. The summed E-state index contributed by atoms with van der Waals surface area (Å²) in [7, 11) is 0. The summed E-state index contributed by atoms with van der Waals surface area (Å²) in [5, 5.41) is 18.6. The molecule has 0 spiro atoms. The molecule has 3 heterocycles. The smallest absolute Gasteiger partial charge is 0.273 e. The van der Waals surface area contributed by atoms with E-state index in [-0.39, 0.29) is 24.4 Å². The average molecular weight is 403 g/mol. The van der Waals surface area contributed by atoms with E-state index < -0.39 is 0 Å². The Morgan fingerprint density at radius 1 is 1.25 bits per heavy atom. The zero-order chi connectivity index (χ0) is 18.6. The molecule has 1 aliphatic heterocycles. The van der Waals surface area contributed by atoms with E-state index in [1.54, 1.807) is 17.2 Å². The van der Waals surface area contributed by atoms with Crippen LogP contribution >= 0.6 is 12.4 Å². The Morgan fingerprint density at radius 3 is 2.68 bits per heavy atom. The first-order chi connectivity index (χ1) is 13.2. The predicted molar refractivity (Wildman–Crippen MR) is 106 cm³/mol. The van der Waals surface area contributed by atoms with Crippen molar-refractivity contribution in [2.24, 2.45) is 0 Å². The van der Waals surface area contributed by atoms with E-state index in [1.807, 2.05) is 35.9 Å². The van der Waals surface area contributed by atoms with E-state index in [0.29, 0.717) is 11.7 Å². The van der Waals surface area contributed by atoms with Gasteiger partial charge in [0.1, 0.15) is 12.7 Å². The highest BCUT2D eigenvalue weighted by Gasteiger charge is 2.20. The Kier molecular flexibility index (Phi) is 6.37. The van der Waals surface area contributed by atoms with Crippen LogP contribution in [0.3, 0.4) is 0 Å². The van der Waals surface area contributed by atoms with Gasteiger partial charge in [0.05, 0.1) is 24.0 Å². The second-order valence-electron chi connectivity index (χ2n) is 6.69. The van der Waals surface area contributed by atoms with Gasteiger partial charge in [0.2, 0.25) is 0 Å². The summed E-state index contributed by atoms with van der Waals surface area (Å²) in [4.78, 5) is 16.5. The van der Waals surface area contributed by atoms with Crippen LogP contribution in [0, 0.1) is 0 Å². The van der Waals surface area contributed by atoms with Gasteiger partial charge in [-0.2, -0.15) is 5.10 Å². The third-order valence-electron chi connectivity index (χ3n) is 4.85.